The van der Waals surface area contributed by atoms with Gasteiger partial charge < -0.3 is 9.88 Å². The Bertz CT molecular complexity index is 768. The van der Waals surface area contributed by atoms with Gasteiger partial charge in [-0.15, -0.1) is 11.3 Å². The molecule has 0 unspecified atom stereocenters. The Morgan fingerprint density at radius 3 is 2.76 bits per heavy atom. The summed E-state index contributed by atoms with van der Waals surface area (Å²) in [7, 11) is 0. The average molecular weight is 307 g/mol. The van der Waals surface area contributed by atoms with Crippen LogP contribution < -0.4 is 11.2 Å². The maximum atomic E-state index is 12.2. The number of rotatable bonds is 3. The third-order valence-electron chi connectivity index (χ3n) is 3.85. The van der Waals surface area contributed by atoms with E-state index in [0.717, 1.165) is 36.9 Å². The molecule has 0 saturated carbocycles. The lowest BCUT2D eigenvalue weighted by Gasteiger charge is -2.26. The van der Waals surface area contributed by atoms with Crippen molar-refractivity contribution in [3.63, 3.8) is 0 Å². The minimum absolute atomic E-state index is 0.0206. The number of nitrogens with zero attached hydrogens (tertiary/aromatic N) is 2. The van der Waals surface area contributed by atoms with Crippen LogP contribution >= 0.6 is 11.3 Å². The Morgan fingerprint density at radius 1 is 1.24 bits per heavy atom. The van der Waals surface area contributed by atoms with E-state index < -0.39 is 5.69 Å². The summed E-state index contributed by atoms with van der Waals surface area (Å²) in [4.78, 5) is 40.8. The third kappa shape index (κ3) is 2.78. The number of piperidine rings is 1. The second kappa shape index (κ2) is 5.85. The number of hydrogen-bond acceptors (Lipinski definition) is 4. The van der Waals surface area contributed by atoms with E-state index in [-0.39, 0.29) is 24.4 Å². The summed E-state index contributed by atoms with van der Waals surface area (Å²) >= 11 is 1.30. The molecular formula is C14H17N3O3S. The van der Waals surface area contributed by atoms with Gasteiger partial charge in [0.25, 0.3) is 5.56 Å². The highest BCUT2D eigenvalue weighted by atomic mass is 32.1. The monoisotopic (exact) mass is 307 g/mol. The van der Waals surface area contributed by atoms with Gasteiger partial charge in [0.05, 0.1) is 5.52 Å². The lowest BCUT2D eigenvalue weighted by Crippen LogP contribution is -2.39. The molecular weight excluding hydrogens is 290 g/mol. The van der Waals surface area contributed by atoms with Crippen LogP contribution in [0.15, 0.2) is 21.0 Å². The molecule has 1 fully saturated rings. The molecule has 2 aromatic rings. The van der Waals surface area contributed by atoms with Crippen molar-refractivity contribution < 1.29 is 4.79 Å². The maximum absolute atomic E-state index is 12.2. The Labute approximate surface area is 125 Å². The van der Waals surface area contributed by atoms with Crippen LogP contribution in [0.1, 0.15) is 25.7 Å². The van der Waals surface area contributed by atoms with Crippen LogP contribution in [-0.4, -0.2) is 33.4 Å². The van der Waals surface area contributed by atoms with E-state index in [0.29, 0.717) is 10.2 Å². The zero-order valence-electron chi connectivity index (χ0n) is 11.6. The summed E-state index contributed by atoms with van der Waals surface area (Å²) in [5.74, 6) is 0.0206. The molecule has 0 atom stereocenters. The standard InChI is InChI=1S/C14H17N3O3S/c18-11(16-6-2-1-3-7-16)4-8-17-13(19)12-10(5-9-21-12)15-14(17)20/h5,9H,1-4,6-8H2,(H,15,20). The van der Waals surface area contributed by atoms with Crippen molar-refractivity contribution in [2.45, 2.75) is 32.2 Å². The first kappa shape index (κ1) is 14.1. The van der Waals surface area contributed by atoms with Gasteiger partial charge >= 0.3 is 5.69 Å². The number of thiophene rings is 1. The predicted molar refractivity (Wildman–Crippen MR) is 81.8 cm³/mol. The summed E-state index contributed by atoms with van der Waals surface area (Å²) < 4.78 is 1.65. The molecule has 2 aromatic heterocycles. The highest BCUT2D eigenvalue weighted by molar-refractivity contribution is 7.17. The van der Waals surface area contributed by atoms with E-state index in [9.17, 15) is 14.4 Å². The van der Waals surface area contributed by atoms with E-state index in [1.54, 1.807) is 11.4 Å². The number of H-pyrrole nitrogens is 1. The number of aromatic amines is 1. The highest BCUT2D eigenvalue weighted by Crippen LogP contribution is 2.12. The van der Waals surface area contributed by atoms with E-state index in [4.69, 9.17) is 0 Å². The van der Waals surface area contributed by atoms with Crippen molar-refractivity contribution in [2.75, 3.05) is 13.1 Å². The van der Waals surface area contributed by atoms with Crippen molar-refractivity contribution in [1.82, 2.24) is 14.5 Å². The van der Waals surface area contributed by atoms with Gasteiger partial charge in [0, 0.05) is 26.1 Å². The van der Waals surface area contributed by atoms with Gasteiger partial charge in [0.15, 0.2) is 0 Å². The maximum Gasteiger partial charge on any atom is 0.328 e. The van der Waals surface area contributed by atoms with Gasteiger partial charge in [-0.25, -0.2) is 4.79 Å². The first-order valence-electron chi connectivity index (χ1n) is 7.15. The number of hydrogen-bond donors (Lipinski definition) is 1. The topological polar surface area (TPSA) is 75.2 Å². The fraction of sp³-hybridized carbons (Fsp3) is 0.500. The lowest BCUT2D eigenvalue weighted by atomic mass is 10.1. The van der Waals surface area contributed by atoms with Gasteiger partial charge in [0.2, 0.25) is 5.91 Å². The Hall–Kier alpha value is -1.89. The summed E-state index contributed by atoms with van der Waals surface area (Å²) in [6.45, 7) is 1.71. The summed E-state index contributed by atoms with van der Waals surface area (Å²) in [6.07, 6.45) is 3.43. The molecule has 1 amide bonds. The van der Waals surface area contributed by atoms with Crippen molar-refractivity contribution in [3.05, 3.63) is 32.3 Å². The van der Waals surface area contributed by atoms with E-state index >= 15 is 0 Å². The van der Waals surface area contributed by atoms with Crippen LogP contribution in [0.2, 0.25) is 0 Å². The Morgan fingerprint density at radius 2 is 2.00 bits per heavy atom. The van der Waals surface area contributed by atoms with Gasteiger partial charge in [0.1, 0.15) is 4.70 Å². The van der Waals surface area contributed by atoms with Crippen LogP contribution in [0.25, 0.3) is 10.2 Å². The van der Waals surface area contributed by atoms with Gasteiger partial charge in [-0.05, 0) is 30.7 Å². The molecule has 21 heavy (non-hydrogen) atoms. The Kier molecular flexibility index (Phi) is 3.92. The average Bonchev–Trinajstić information content (AvgIpc) is 2.96. The molecule has 0 aromatic carbocycles. The zero-order chi connectivity index (χ0) is 14.8. The molecule has 3 heterocycles. The minimum Gasteiger partial charge on any atom is -0.343 e. The molecule has 1 aliphatic rings. The number of fused-ring (bicyclic) bond motifs is 1. The molecule has 1 N–H and O–H groups in total. The summed E-state index contributed by atoms with van der Waals surface area (Å²) in [6, 6.07) is 1.71. The van der Waals surface area contributed by atoms with Crippen LogP contribution in [0.3, 0.4) is 0 Å². The fourth-order valence-electron chi connectivity index (χ4n) is 2.68. The molecule has 6 nitrogen and oxygen atoms in total. The quantitative estimate of drug-likeness (QED) is 0.924. The number of carbonyl (C=O) groups is 1. The molecule has 112 valence electrons. The second-order valence-corrected chi connectivity index (χ2v) is 6.16. The largest absolute Gasteiger partial charge is 0.343 e. The lowest BCUT2D eigenvalue weighted by molar-refractivity contribution is -0.132. The first-order valence-corrected chi connectivity index (χ1v) is 8.03. The molecule has 0 bridgehead atoms. The van der Waals surface area contributed by atoms with Crippen LogP contribution in [-0.2, 0) is 11.3 Å². The van der Waals surface area contributed by atoms with Crippen LogP contribution in [0.4, 0.5) is 0 Å². The van der Waals surface area contributed by atoms with E-state index in [1.807, 2.05) is 4.90 Å². The molecule has 1 aliphatic heterocycles. The number of amides is 1. The summed E-state index contributed by atoms with van der Waals surface area (Å²) in [5, 5.41) is 1.77. The molecule has 0 aliphatic carbocycles. The van der Waals surface area contributed by atoms with Gasteiger partial charge in [-0.3, -0.25) is 14.2 Å². The SMILES string of the molecule is O=C(CCn1c(=O)[nH]c2ccsc2c1=O)N1CCCCC1. The second-order valence-electron chi connectivity index (χ2n) is 5.24. The van der Waals surface area contributed by atoms with E-state index in [1.165, 1.54) is 11.3 Å². The van der Waals surface area contributed by atoms with Crippen molar-refractivity contribution in [2.24, 2.45) is 0 Å². The van der Waals surface area contributed by atoms with Crippen molar-refractivity contribution >= 4 is 27.5 Å². The molecule has 7 heteroatoms. The first-order chi connectivity index (χ1) is 10.2. The molecule has 0 spiro atoms. The fourth-order valence-corrected chi connectivity index (χ4v) is 3.48. The number of aromatic nitrogens is 2. The Balaban J connectivity index is 1.77. The molecule has 1 saturated heterocycles. The molecule has 0 radical (unpaired) electrons. The van der Waals surface area contributed by atoms with Crippen molar-refractivity contribution in [3.8, 4) is 0 Å². The smallest absolute Gasteiger partial charge is 0.328 e. The zero-order valence-corrected chi connectivity index (χ0v) is 12.4. The van der Waals surface area contributed by atoms with E-state index in [2.05, 4.69) is 4.98 Å². The summed E-state index contributed by atoms with van der Waals surface area (Å²) in [5.41, 5.74) is -0.193. The normalized spacial score (nSPS) is 15.5. The number of carbonyl (C=O) groups excluding carboxylic acids is 1. The molecule has 3 rings (SSSR count). The third-order valence-corrected chi connectivity index (χ3v) is 4.75. The van der Waals surface area contributed by atoms with Crippen LogP contribution in [0.5, 0.6) is 0 Å². The number of nitrogens with one attached hydrogen (secondary N) is 1. The minimum atomic E-state index is -0.447. The van der Waals surface area contributed by atoms with Crippen LogP contribution in [0, 0.1) is 0 Å². The van der Waals surface area contributed by atoms with Crippen molar-refractivity contribution in [1.29, 1.82) is 0 Å². The van der Waals surface area contributed by atoms with Gasteiger partial charge in [-0.1, -0.05) is 0 Å². The number of likely N-dealkylation sites (tertiary alicyclic amines) is 1. The predicted octanol–water partition coefficient (Wildman–Crippen LogP) is 1.15. The highest BCUT2D eigenvalue weighted by Gasteiger charge is 2.17. The van der Waals surface area contributed by atoms with Gasteiger partial charge in [-0.2, -0.15) is 0 Å².